The van der Waals surface area contributed by atoms with E-state index < -0.39 is 16.2 Å². The van der Waals surface area contributed by atoms with E-state index in [1.165, 1.54) is 11.4 Å². The lowest BCUT2D eigenvalue weighted by Gasteiger charge is -2.31. The molecule has 0 radical (unpaired) electrons. The number of ether oxygens (including phenoxy) is 1. The number of carbonyl (C=O) groups excluding carboxylic acids is 1. The van der Waals surface area contributed by atoms with Crippen LogP contribution in [0.5, 0.6) is 0 Å². The van der Waals surface area contributed by atoms with Gasteiger partial charge in [0.05, 0.1) is 6.61 Å². The summed E-state index contributed by atoms with van der Waals surface area (Å²) in [4.78, 5) is 11.5. The van der Waals surface area contributed by atoms with Crippen molar-refractivity contribution >= 4 is 16.2 Å². The highest BCUT2D eigenvalue weighted by Gasteiger charge is 2.32. The Morgan fingerprint density at radius 1 is 1.17 bits per heavy atom. The summed E-state index contributed by atoms with van der Waals surface area (Å²) in [6, 6.07) is -0.473. The van der Waals surface area contributed by atoms with E-state index in [0.717, 1.165) is 4.31 Å². The Balaban J connectivity index is 5.06. The molecule has 0 aliphatic carbocycles. The third kappa shape index (κ3) is 4.55. The molecule has 0 unspecified atom stereocenters. The summed E-state index contributed by atoms with van der Waals surface area (Å²) < 4.78 is 31.8. The summed E-state index contributed by atoms with van der Waals surface area (Å²) >= 11 is 0. The van der Waals surface area contributed by atoms with Crippen LogP contribution >= 0.6 is 0 Å². The summed E-state index contributed by atoms with van der Waals surface area (Å²) in [7, 11) is -2.15. The van der Waals surface area contributed by atoms with E-state index >= 15 is 0 Å². The highest BCUT2D eigenvalue weighted by molar-refractivity contribution is 7.86. The topological polar surface area (TPSA) is 66.9 Å². The Hall–Kier alpha value is -0.660. The van der Waals surface area contributed by atoms with Crippen LogP contribution in [0.4, 0.5) is 0 Å². The Morgan fingerprint density at radius 2 is 1.67 bits per heavy atom. The van der Waals surface area contributed by atoms with Gasteiger partial charge >= 0.3 is 5.97 Å². The summed E-state index contributed by atoms with van der Waals surface area (Å²) in [6.07, 6.45) is 0. The summed E-state index contributed by atoms with van der Waals surface area (Å²) in [5, 5.41) is 0. The molecule has 18 heavy (non-hydrogen) atoms. The maximum atomic E-state index is 12.3. The highest BCUT2D eigenvalue weighted by Crippen LogP contribution is 2.13. The fourth-order valence-corrected chi connectivity index (χ4v) is 2.96. The Labute approximate surface area is 110 Å². The van der Waals surface area contributed by atoms with Gasteiger partial charge in [-0.2, -0.15) is 17.0 Å². The molecular weight excluding hydrogens is 256 g/mol. The molecule has 0 saturated heterocycles. The Bertz CT molecular complexity index is 365. The van der Waals surface area contributed by atoms with Crippen molar-refractivity contribution in [1.29, 1.82) is 0 Å². The van der Waals surface area contributed by atoms with Crippen molar-refractivity contribution in [3.63, 3.8) is 0 Å². The van der Waals surface area contributed by atoms with Gasteiger partial charge in [0.1, 0.15) is 6.54 Å². The largest absolute Gasteiger partial charge is 0.465 e. The molecular formula is C11H24N2O4S. The van der Waals surface area contributed by atoms with Gasteiger partial charge in [-0.25, -0.2) is 0 Å². The van der Waals surface area contributed by atoms with Crippen molar-refractivity contribution in [1.82, 2.24) is 8.61 Å². The van der Waals surface area contributed by atoms with E-state index in [9.17, 15) is 13.2 Å². The van der Waals surface area contributed by atoms with Crippen molar-refractivity contribution in [3.05, 3.63) is 0 Å². The first-order valence-electron chi connectivity index (χ1n) is 6.05. The van der Waals surface area contributed by atoms with Gasteiger partial charge in [-0.15, -0.1) is 0 Å². The van der Waals surface area contributed by atoms with Crippen LogP contribution in [0.25, 0.3) is 0 Å². The van der Waals surface area contributed by atoms with Crippen LogP contribution in [-0.4, -0.2) is 55.3 Å². The van der Waals surface area contributed by atoms with Gasteiger partial charge in [0.15, 0.2) is 0 Å². The predicted molar refractivity (Wildman–Crippen MR) is 70.3 cm³/mol. The lowest BCUT2D eigenvalue weighted by Crippen LogP contribution is -2.49. The number of hydrogen-bond acceptors (Lipinski definition) is 4. The second-order valence-electron chi connectivity index (χ2n) is 4.56. The molecule has 0 bridgehead atoms. The zero-order valence-electron chi connectivity index (χ0n) is 12.0. The average molecular weight is 280 g/mol. The molecule has 0 spiro atoms. The number of carbonyl (C=O) groups is 1. The van der Waals surface area contributed by atoms with Crippen molar-refractivity contribution in [2.45, 2.75) is 46.7 Å². The summed E-state index contributed by atoms with van der Waals surface area (Å²) in [5.74, 6) is -0.535. The van der Waals surface area contributed by atoms with Crippen LogP contribution in [0.1, 0.15) is 34.6 Å². The first-order chi connectivity index (χ1) is 8.14. The molecule has 0 aromatic heterocycles. The molecule has 0 N–H and O–H groups in total. The first kappa shape index (κ1) is 17.3. The number of rotatable bonds is 7. The summed E-state index contributed by atoms with van der Waals surface area (Å²) in [5.41, 5.74) is 0. The molecule has 0 fully saturated rings. The van der Waals surface area contributed by atoms with Gasteiger partial charge in [0.25, 0.3) is 10.2 Å². The number of nitrogens with zero attached hydrogens (tertiary/aromatic N) is 2. The maximum Gasteiger partial charge on any atom is 0.321 e. The van der Waals surface area contributed by atoms with Gasteiger partial charge in [-0.05, 0) is 34.6 Å². The molecule has 6 nitrogen and oxygen atoms in total. The number of esters is 1. The number of hydrogen-bond donors (Lipinski definition) is 0. The van der Waals surface area contributed by atoms with Gasteiger partial charge < -0.3 is 4.74 Å². The lowest BCUT2D eigenvalue weighted by molar-refractivity contribution is -0.143. The second kappa shape index (κ2) is 7.06. The molecule has 0 amide bonds. The van der Waals surface area contributed by atoms with Gasteiger partial charge in [-0.1, -0.05) is 0 Å². The molecule has 0 aromatic carbocycles. The molecule has 0 aliphatic heterocycles. The molecule has 7 heteroatoms. The molecule has 0 heterocycles. The third-order valence-corrected chi connectivity index (χ3v) is 4.85. The normalized spacial score (nSPS) is 12.8. The Kier molecular flexibility index (Phi) is 6.80. The standard InChI is InChI=1S/C11H24N2O4S/c1-7-17-11(14)8-13(10(4)5)18(15,16)12(6)9(2)3/h9-10H,7-8H2,1-6H3. The van der Waals surface area contributed by atoms with E-state index in [0.29, 0.717) is 0 Å². The van der Waals surface area contributed by atoms with E-state index in [1.807, 2.05) is 0 Å². The van der Waals surface area contributed by atoms with Gasteiger partial charge in [-0.3, -0.25) is 4.79 Å². The first-order valence-corrected chi connectivity index (χ1v) is 7.44. The Morgan fingerprint density at radius 3 is 2.00 bits per heavy atom. The van der Waals surface area contributed by atoms with E-state index in [-0.39, 0.29) is 25.2 Å². The minimum absolute atomic E-state index is 0.168. The highest BCUT2D eigenvalue weighted by atomic mass is 32.2. The second-order valence-corrected chi connectivity index (χ2v) is 6.50. The van der Waals surface area contributed by atoms with Gasteiger partial charge in [0.2, 0.25) is 0 Å². The average Bonchev–Trinajstić information content (AvgIpc) is 2.24. The van der Waals surface area contributed by atoms with Crippen molar-refractivity contribution in [2.75, 3.05) is 20.2 Å². The van der Waals surface area contributed by atoms with Crippen LogP contribution in [0.15, 0.2) is 0 Å². The van der Waals surface area contributed by atoms with Crippen LogP contribution in [0.3, 0.4) is 0 Å². The maximum absolute atomic E-state index is 12.3. The zero-order valence-corrected chi connectivity index (χ0v) is 12.8. The zero-order chi connectivity index (χ0) is 14.5. The van der Waals surface area contributed by atoms with E-state index in [1.54, 1.807) is 34.6 Å². The van der Waals surface area contributed by atoms with Crippen molar-refractivity contribution in [2.24, 2.45) is 0 Å². The quantitative estimate of drug-likeness (QED) is 0.648. The fraction of sp³-hybridized carbons (Fsp3) is 0.909. The van der Waals surface area contributed by atoms with E-state index in [2.05, 4.69) is 0 Å². The predicted octanol–water partition coefficient (Wildman–Crippen LogP) is 0.845. The molecule has 0 saturated carbocycles. The molecule has 0 aromatic rings. The monoisotopic (exact) mass is 280 g/mol. The molecule has 0 atom stereocenters. The van der Waals surface area contributed by atoms with Crippen LogP contribution in [-0.2, 0) is 19.7 Å². The molecule has 108 valence electrons. The smallest absolute Gasteiger partial charge is 0.321 e. The van der Waals surface area contributed by atoms with Crippen molar-refractivity contribution in [3.8, 4) is 0 Å². The van der Waals surface area contributed by atoms with Crippen LogP contribution in [0, 0.1) is 0 Å². The van der Waals surface area contributed by atoms with Crippen LogP contribution in [0.2, 0.25) is 0 Å². The lowest BCUT2D eigenvalue weighted by atomic mass is 10.4. The third-order valence-electron chi connectivity index (χ3n) is 2.55. The summed E-state index contributed by atoms with van der Waals surface area (Å²) in [6.45, 7) is 8.68. The minimum atomic E-state index is -3.65. The molecule has 0 aliphatic rings. The SMILES string of the molecule is CCOC(=O)CN(C(C)C)S(=O)(=O)N(C)C(C)C. The van der Waals surface area contributed by atoms with Crippen LogP contribution < -0.4 is 0 Å². The van der Waals surface area contributed by atoms with E-state index in [4.69, 9.17) is 4.74 Å². The minimum Gasteiger partial charge on any atom is -0.465 e. The van der Waals surface area contributed by atoms with Gasteiger partial charge in [0, 0.05) is 19.1 Å². The fourth-order valence-electron chi connectivity index (χ4n) is 1.30. The van der Waals surface area contributed by atoms with Crippen molar-refractivity contribution < 1.29 is 17.9 Å². The molecule has 0 rings (SSSR count).